The molecule has 3 rings (SSSR count). The van der Waals surface area contributed by atoms with Gasteiger partial charge in [-0.3, -0.25) is 9.40 Å². The van der Waals surface area contributed by atoms with Gasteiger partial charge in [0.1, 0.15) is 5.02 Å². The zero-order valence-corrected chi connectivity index (χ0v) is 16.0. The minimum Gasteiger partial charge on any atom is -0.265 e. The van der Waals surface area contributed by atoms with Gasteiger partial charge < -0.3 is 0 Å². The molecule has 0 aliphatic rings. The maximum absolute atomic E-state index is 12.6. The second kappa shape index (κ2) is 7.93. The van der Waals surface area contributed by atoms with Crippen LogP contribution in [0.5, 0.6) is 0 Å². The summed E-state index contributed by atoms with van der Waals surface area (Å²) in [6, 6.07) is 16.6. The van der Waals surface area contributed by atoms with Crippen molar-refractivity contribution in [3.05, 3.63) is 76.9 Å². The molecule has 0 radical (unpaired) electrons. The first kappa shape index (κ1) is 18.5. The van der Waals surface area contributed by atoms with Crippen molar-refractivity contribution in [1.29, 1.82) is 0 Å². The van der Waals surface area contributed by atoms with Gasteiger partial charge in [0.2, 0.25) is 0 Å². The highest BCUT2D eigenvalue weighted by atomic mass is 35.5. The van der Waals surface area contributed by atoms with Crippen molar-refractivity contribution < 1.29 is 8.42 Å². The summed E-state index contributed by atoms with van der Waals surface area (Å²) < 4.78 is 29.2. The van der Waals surface area contributed by atoms with Gasteiger partial charge in [-0.25, -0.2) is 8.42 Å². The number of nitrogens with zero attached hydrogens (tertiary/aromatic N) is 2. The van der Waals surface area contributed by atoms with Crippen molar-refractivity contribution in [1.82, 2.24) is 9.78 Å². The summed E-state index contributed by atoms with van der Waals surface area (Å²) >= 11 is 6.16. The molecule has 1 heterocycles. The molecule has 1 aromatic heterocycles. The molecule has 0 amide bonds. The number of aromatic nitrogens is 2. The molecular weight excluding hydrogens is 370 g/mol. The lowest BCUT2D eigenvalue weighted by molar-refractivity contribution is 0.600. The zero-order chi connectivity index (χ0) is 18.6. The Hall–Kier alpha value is -2.31. The molecule has 1 N–H and O–H groups in total. The van der Waals surface area contributed by atoms with Crippen LogP contribution in [-0.4, -0.2) is 18.2 Å². The quantitative estimate of drug-likeness (QED) is 0.653. The van der Waals surface area contributed by atoms with Gasteiger partial charge in [0.05, 0.1) is 11.4 Å². The van der Waals surface area contributed by atoms with Crippen LogP contribution < -0.4 is 4.72 Å². The number of hydrogen-bond donors (Lipinski definition) is 1. The van der Waals surface area contributed by atoms with Gasteiger partial charge in [0.15, 0.2) is 5.82 Å². The average Bonchev–Trinajstić information content (AvgIpc) is 2.95. The van der Waals surface area contributed by atoms with Crippen LogP contribution in [0, 0.1) is 0 Å². The summed E-state index contributed by atoms with van der Waals surface area (Å²) in [5, 5.41) is 4.51. The van der Waals surface area contributed by atoms with Crippen LogP contribution in [0.25, 0.3) is 0 Å². The molecule has 0 aliphatic carbocycles. The Labute approximate surface area is 158 Å². The minimum atomic E-state index is -3.74. The normalized spacial score (nSPS) is 11.5. The standard InChI is InChI=1S/C19H20ClN3O2S/c1-2-6-15-9-11-17(12-10-15)26(24,25)22-19-18(20)14-23(21-19)13-16-7-4-3-5-8-16/h3-5,7-12,14H,2,6,13H2,1H3,(H,21,22). The van der Waals surface area contributed by atoms with Crippen LogP contribution in [0.15, 0.2) is 65.7 Å². The maximum Gasteiger partial charge on any atom is 0.263 e. The van der Waals surface area contributed by atoms with Crippen LogP contribution in [-0.2, 0) is 23.0 Å². The predicted molar refractivity (Wildman–Crippen MR) is 104 cm³/mol. The molecule has 0 saturated heterocycles. The zero-order valence-electron chi connectivity index (χ0n) is 14.4. The van der Waals surface area contributed by atoms with E-state index in [0.29, 0.717) is 6.54 Å². The first-order valence-corrected chi connectivity index (χ1v) is 10.2. The Morgan fingerprint density at radius 3 is 2.38 bits per heavy atom. The number of aryl methyl sites for hydroxylation is 1. The van der Waals surface area contributed by atoms with Crippen LogP contribution in [0.4, 0.5) is 5.82 Å². The monoisotopic (exact) mass is 389 g/mol. The maximum atomic E-state index is 12.6. The van der Waals surface area contributed by atoms with Crippen LogP contribution in [0.3, 0.4) is 0 Å². The van der Waals surface area contributed by atoms with Gasteiger partial charge in [-0.1, -0.05) is 67.4 Å². The number of sulfonamides is 1. The lowest BCUT2D eigenvalue weighted by Gasteiger charge is -2.07. The van der Waals surface area contributed by atoms with Crippen molar-refractivity contribution in [3.63, 3.8) is 0 Å². The van der Waals surface area contributed by atoms with Gasteiger partial charge in [0, 0.05) is 6.20 Å². The molecule has 26 heavy (non-hydrogen) atoms. The molecule has 0 fully saturated rings. The third kappa shape index (κ3) is 4.45. The largest absolute Gasteiger partial charge is 0.265 e. The van der Waals surface area contributed by atoms with E-state index in [1.165, 1.54) is 0 Å². The van der Waals surface area contributed by atoms with Gasteiger partial charge in [0.25, 0.3) is 10.0 Å². The Morgan fingerprint density at radius 2 is 1.73 bits per heavy atom. The van der Waals surface area contributed by atoms with E-state index in [2.05, 4.69) is 16.7 Å². The molecule has 5 nitrogen and oxygen atoms in total. The average molecular weight is 390 g/mol. The molecule has 0 aliphatic heterocycles. The van der Waals surface area contributed by atoms with E-state index in [1.54, 1.807) is 23.0 Å². The first-order valence-electron chi connectivity index (χ1n) is 8.36. The SMILES string of the molecule is CCCc1ccc(S(=O)(=O)Nc2nn(Cc3ccccc3)cc2Cl)cc1. The molecule has 0 atom stereocenters. The molecular formula is C19H20ClN3O2S. The van der Waals surface area contributed by atoms with E-state index in [9.17, 15) is 8.42 Å². The van der Waals surface area contributed by atoms with Gasteiger partial charge in [-0.05, 0) is 29.7 Å². The van der Waals surface area contributed by atoms with E-state index in [4.69, 9.17) is 11.6 Å². The Morgan fingerprint density at radius 1 is 1.04 bits per heavy atom. The lowest BCUT2D eigenvalue weighted by Crippen LogP contribution is -2.14. The highest BCUT2D eigenvalue weighted by Crippen LogP contribution is 2.23. The number of hydrogen-bond acceptors (Lipinski definition) is 3. The highest BCUT2D eigenvalue weighted by Gasteiger charge is 2.18. The van der Waals surface area contributed by atoms with Crippen LogP contribution >= 0.6 is 11.6 Å². The summed E-state index contributed by atoms with van der Waals surface area (Å²) in [5.41, 5.74) is 2.16. The van der Waals surface area contributed by atoms with Crippen molar-refractivity contribution in [2.75, 3.05) is 4.72 Å². The third-order valence-corrected chi connectivity index (χ3v) is 5.54. The Kier molecular flexibility index (Phi) is 5.64. The number of rotatable bonds is 7. The van der Waals surface area contributed by atoms with E-state index in [0.717, 1.165) is 24.0 Å². The molecule has 0 spiro atoms. The van der Waals surface area contributed by atoms with Crippen LogP contribution in [0.1, 0.15) is 24.5 Å². The number of halogens is 1. The Bertz CT molecular complexity index is 968. The second-order valence-electron chi connectivity index (χ2n) is 6.01. The van der Waals surface area contributed by atoms with Gasteiger partial charge in [-0.2, -0.15) is 5.10 Å². The fourth-order valence-corrected chi connectivity index (χ4v) is 3.90. The van der Waals surface area contributed by atoms with E-state index < -0.39 is 10.0 Å². The number of benzene rings is 2. The van der Waals surface area contributed by atoms with Crippen molar-refractivity contribution in [3.8, 4) is 0 Å². The van der Waals surface area contributed by atoms with E-state index >= 15 is 0 Å². The summed E-state index contributed by atoms with van der Waals surface area (Å²) in [7, 11) is -3.74. The topological polar surface area (TPSA) is 64.0 Å². The molecule has 0 saturated carbocycles. The summed E-state index contributed by atoms with van der Waals surface area (Å²) in [4.78, 5) is 0.186. The van der Waals surface area contributed by atoms with Crippen LogP contribution in [0.2, 0.25) is 5.02 Å². The lowest BCUT2D eigenvalue weighted by atomic mass is 10.1. The smallest absolute Gasteiger partial charge is 0.263 e. The predicted octanol–water partition coefficient (Wildman–Crippen LogP) is 4.34. The fourth-order valence-electron chi connectivity index (χ4n) is 2.63. The van der Waals surface area contributed by atoms with Crippen molar-refractivity contribution in [2.24, 2.45) is 0 Å². The summed E-state index contributed by atoms with van der Waals surface area (Å²) in [6.45, 7) is 2.59. The highest BCUT2D eigenvalue weighted by molar-refractivity contribution is 7.92. The Balaban J connectivity index is 1.77. The van der Waals surface area contributed by atoms with E-state index in [1.807, 2.05) is 42.5 Å². The second-order valence-corrected chi connectivity index (χ2v) is 8.10. The molecule has 2 aromatic carbocycles. The van der Waals surface area contributed by atoms with Crippen molar-refractivity contribution in [2.45, 2.75) is 31.2 Å². The summed E-state index contributed by atoms with van der Waals surface area (Å²) in [5.74, 6) is 0.125. The first-order chi connectivity index (χ1) is 12.5. The number of anilines is 1. The van der Waals surface area contributed by atoms with Gasteiger partial charge in [-0.15, -0.1) is 0 Å². The molecule has 3 aromatic rings. The minimum absolute atomic E-state index is 0.125. The fraction of sp³-hybridized carbons (Fsp3) is 0.211. The molecule has 0 bridgehead atoms. The molecule has 7 heteroatoms. The van der Waals surface area contributed by atoms with Crippen molar-refractivity contribution >= 4 is 27.4 Å². The molecule has 0 unspecified atom stereocenters. The van der Waals surface area contributed by atoms with Gasteiger partial charge >= 0.3 is 0 Å². The third-order valence-electron chi connectivity index (χ3n) is 3.91. The molecule has 136 valence electrons. The summed E-state index contributed by atoms with van der Waals surface area (Å²) in [6.07, 6.45) is 3.54. The number of nitrogens with one attached hydrogen (secondary N) is 1. The van der Waals surface area contributed by atoms with E-state index in [-0.39, 0.29) is 15.7 Å².